The van der Waals surface area contributed by atoms with Crippen LogP contribution in [0.1, 0.15) is 6.92 Å². The molecule has 0 saturated carbocycles. The SMILES string of the molecule is CCn1ccnc1S(=O)(=O)n1nnc2ccccc21. The minimum atomic E-state index is -3.83. The maximum Gasteiger partial charge on any atom is 0.318 e. The van der Waals surface area contributed by atoms with Crippen molar-refractivity contribution in [2.75, 3.05) is 0 Å². The molecule has 0 aliphatic rings. The molecule has 0 unspecified atom stereocenters. The second-order valence-electron chi connectivity index (χ2n) is 3.92. The lowest BCUT2D eigenvalue weighted by molar-refractivity contribution is 0.553. The fourth-order valence-electron chi connectivity index (χ4n) is 1.87. The summed E-state index contributed by atoms with van der Waals surface area (Å²) in [7, 11) is -3.83. The zero-order valence-corrected chi connectivity index (χ0v) is 10.9. The third-order valence-corrected chi connectivity index (χ3v) is 4.32. The molecule has 0 atom stereocenters. The third-order valence-electron chi connectivity index (χ3n) is 2.80. The first-order valence-electron chi connectivity index (χ1n) is 5.71. The van der Waals surface area contributed by atoms with E-state index >= 15 is 0 Å². The van der Waals surface area contributed by atoms with Gasteiger partial charge < -0.3 is 4.57 Å². The number of fused-ring (bicyclic) bond motifs is 1. The number of hydrogen-bond donors (Lipinski definition) is 0. The monoisotopic (exact) mass is 277 g/mol. The highest BCUT2D eigenvalue weighted by Crippen LogP contribution is 2.17. The van der Waals surface area contributed by atoms with Crippen LogP contribution >= 0.6 is 0 Å². The van der Waals surface area contributed by atoms with E-state index in [1.807, 2.05) is 6.92 Å². The molecule has 98 valence electrons. The molecule has 0 amide bonds. The summed E-state index contributed by atoms with van der Waals surface area (Å²) in [5.74, 6) is 0. The van der Waals surface area contributed by atoms with E-state index in [1.165, 1.54) is 6.20 Å². The fraction of sp³-hybridized carbons (Fsp3) is 0.182. The molecule has 2 heterocycles. The van der Waals surface area contributed by atoms with Crippen LogP contribution in [0.5, 0.6) is 0 Å². The highest BCUT2D eigenvalue weighted by molar-refractivity contribution is 7.89. The van der Waals surface area contributed by atoms with Crippen molar-refractivity contribution in [1.82, 2.24) is 24.0 Å². The molecule has 0 saturated heterocycles. The Morgan fingerprint density at radius 1 is 1.26 bits per heavy atom. The number of aromatic nitrogens is 5. The number of nitrogens with zero attached hydrogens (tertiary/aromatic N) is 5. The average Bonchev–Trinajstić information content (AvgIpc) is 3.05. The molecule has 0 fully saturated rings. The van der Waals surface area contributed by atoms with Gasteiger partial charge in [-0.1, -0.05) is 17.3 Å². The van der Waals surface area contributed by atoms with Crippen molar-refractivity contribution >= 4 is 21.1 Å². The minimum Gasteiger partial charge on any atom is -0.321 e. The van der Waals surface area contributed by atoms with Crippen molar-refractivity contribution in [1.29, 1.82) is 0 Å². The summed E-state index contributed by atoms with van der Waals surface area (Å²) in [5, 5.41) is 7.53. The van der Waals surface area contributed by atoms with Gasteiger partial charge in [-0.25, -0.2) is 4.98 Å². The molecule has 0 bridgehead atoms. The molecule has 3 rings (SSSR count). The lowest BCUT2D eigenvalue weighted by atomic mass is 10.3. The third kappa shape index (κ3) is 1.72. The van der Waals surface area contributed by atoms with Crippen LogP contribution in [0.4, 0.5) is 0 Å². The van der Waals surface area contributed by atoms with Crippen LogP contribution in [0.15, 0.2) is 41.8 Å². The highest BCUT2D eigenvalue weighted by Gasteiger charge is 2.25. The van der Waals surface area contributed by atoms with Gasteiger partial charge in [-0.05, 0) is 19.1 Å². The quantitative estimate of drug-likeness (QED) is 0.710. The van der Waals surface area contributed by atoms with Crippen molar-refractivity contribution in [3.05, 3.63) is 36.7 Å². The smallest absolute Gasteiger partial charge is 0.318 e. The fourth-order valence-corrected chi connectivity index (χ4v) is 3.25. The van der Waals surface area contributed by atoms with E-state index in [0.717, 1.165) is 4.09 Å². The van der Waals surface area contributed by atoms with E-state index in [9.17, 15) is 8.42 Å². The maximum atomic E-state index is 12.5. The number of benzene rings is 1. The summed E-state index contributed by atoms with van der Waals surface area (Å²) >= 11 is 0. The van der Waals surface area contributed by atoms with Crippen molar-refractivity contribution in [2.45, 2.75) is 18.6 Å². The molecule has 0 radical (unpaired) electrons. The maximum absolute atomic E-state index is 12.5. The van der Waals surface area contributed by atoms with Crippen LogP contribution in [0.25, 0.3) is 11.0 Å². The van der Waals surface area contributed by atoms with Gasteiger partial charge in [-0.15, -0.1) is 9.19 Å². The van der Waals surface area contributed by atoms with Crippen molar-refractivity contribution in [3.8, 4) is 0 Å². The van der Waals surface area contributed by atoms with E-state index in [1.54, 1.807) is 35.0 Å². The minimum absolute atomic E-state index is 0.0364. The van der Waals surface area contributed by atoms with Gasteiger partial charge in [0.15, 0.2) is 0 Å². The molecular weight excluding hydrogens is 266 g/mol. The van der Waals surface area contributed by atoms with Gasteiger partial charge in [-0.3, -0.25) is 0 Å². The first kappa shape index (κ1) is 11.8. The molecule has 0 aliphatic heterocycles. The number of para-hydroxylation sites is 1. The van der Waals surface area contributed by atoms with Gasteiger partial charge in [0.1, 0.15) is 11.0 Å². The number of hydrogen-bond acceptors (Lipinski definition) is 5. The van der Waals surface area contributed by atoms with Crippen LogP contribution in [0.2, 0.25) is 0 Å². The van der Waals surface area contributed by atoms with Crippen molar-refractivity contribution < 1.29 is 8.42 Å². The van der Waals surface area contributed by atoms with E-state index in [4.69, 9.17) is 0 Å². The second-order valence-corrected chi connectivity index (χ2v) is 5.58. The summed E-state index contributed by atoms with van der Waals surface area (Å²) in [6.07, 6.45) is 3.07. The number of rotatable bonds is 3. The van der Waals surface area contributed by atoms with E-state index < -0.39 is 10.0 Å². The zero-order chi connectivity index (χ0) is 13.5. The number of imidazole rings is 1. The lowest BCUT2D eigenvalue weighted by Gasteiger charge is -2.06. The van der Waals surface area contributed by atoms with E-state index in [2.05, 4.69) is 15.3 Å². The largest absolute Gasteiger partial charge is 0.321 e. The molecule has 0 N–H and O–H groups in total. The number of aryl methyl sites for hydroxylation is 1. The Bertz CT molecular complexity index is 834. The normalized spacial score (nSPS) is 12.1. The summed E-state index contributed by atoms with van der Waals surface area (Å²) in [6.45, 7) is 2.36. The second kappa shape index (κ2) is 4.16. The van der Waals surface area contributed by atoms with Gasteiger partial charge >= 0.3 is 10.0 Å². The molecule has 19 heavy (non-hydrogen) atoms. The Morgan fingerprint density at radius 3 is 2.84 bits per heavy atom. The van der Waals surface area contributed by atoms with Crippen LogP contribution < -0.4 is 0 Å². The standard InChI is InChI=1S/C11H11N5O2S/c1-2-15-8-7-12-11(15)19(17,18)16-10-6-4-3-5-9(10)13-14-16/h3-8H,2H2,1H3. The Kier molecular flexibility index (Phi) is 2.59. The summed E-state index contributed by atoms with van der Waals surface area (Å²) in [5.41, 5.74) is 0.967. The molecule has 8 heteroatoms. The van der Waals surface area contributed by atoms with E-state index in [0.29, 0.717) is 17.6 Å². The Hall–Kier alpha value is -2.22. The Labute approximate surface area is 109 Å². The molecule has 1 aromatic carbocycles. The zero-order valence-electron chi connectivity index (χ0n) is 10.1. The van der Waals surface area contributed by atoms with Crippen LogP contribution in [-0.2, 0) is 16.6 Å². The van der Waals surface area contributed by atoms with Gasteiger partial charge in [0, 0.05) is 18.9 Å². The predicted octanol–water partition coefficient (Wildman–Crippen LogP) is 0.885. The predicted molar refractivity (Wildman–Crippen MR) is 68.0 cm³/mol. The van der Waals surface area contributed by atoms with Gasteiger partial charge in [0.25, 0.3) is 5.16 Å². The molecule has 3 aromatic rings. The van der Waals surface area contributed by atoms with Gasteiger partial charge in [0.2, 0.25) is 0 Å². The molecule has 7 nitrogen and oxygen atoms in total. The Morgan fingerprint density at radius 2 is 2.05 bits per heavy atom. The Balaban J connectivity index is 2.26. The van der Waals surface area contributed by atoms with Gasteiger partial charge in [-0.2, -0.15) is 8.42 Å². The topological polar surface area (TPSA) is 82.7 Å². The molecule has 2 aromatic heterocycles. The first-order chi connectivity index (χ1) is 9.14. The first-order valence-corrected chi connectivity index (χ1v) is 7.15. The average molecular weight is 277 g/mol. The summed E-state index contributed by atoms with van der Waals surface area (Å²) in [4.78, 5) is 3.91. The van der Waals surface area contributed by atoms with Crippen molar-refractivity contribution in [3.63, 3.8) is 0 Å². The highest BCUT2D eigenvalue weighted by atomic mass is 32.2. The van der Waals surface area contributed by atoms with E-state index in [-0.39, 0.29) is 5.16 Å². The van der Waals surface area contributed by atoms with Crippen LogP contribution in [0.3, 0.4) is 0 Å². The summed E-state index contributed by atoms with van der Waals surface area (Å²) < 4.78 is 27.5. The molecule has 0 aliphatic carbocycles. The van der Waals surface area contributed by atoms with Gasteiger partial charge in [0.05, 0.1) is 0 Å². The van der Waals surface area contributed by atoms with Crippen LogP contribution in [0, 0.1) is 0 Å². The van der Waals surface area contributed by atoms with Crippen LogP contribution in [-0.4, -0.2) is 32.4 Å². The lowest BCUT2D eigenvalue weighted by Crippen LogP contribution is -2.19. The van der Waals surface area contributed by atoms with Crippen molar-refractivity contribution in [2.24, 2.45) is 0 Å². The molecule has 0 spiro atoms. The molecular formula is C11H11N5O2S. The summed E-state index contributed by atoms with van der Waals surface area (Å²) in [6, 6.07) is 6.89.